The van der Waals surface area contributed by atoms with Gasteiger partial charge in [-0.3, -0.25) is 9.97 Å². The first-order chi connectivity index (χ1) is 10.1. The molecule has 0 aromatic carbocycles. The van der Waals surface area contributed by atoms with E-state index in [1.54, 1.807) is 18.6 Å². The van der Waals surface area contributed by atoms with Gasteiger partial charge in [-0.1, -0.05) is 13.3 Å². The summed E-state index contributed by atoms with van der Waals surface area (Å²) in [4.78, 5) is 8.34. The van der Waals surface area contributed by atoms with Crippen molar-refractivity contribution in [3.05, 3.63) is 48.4 Å². The molecule has 21 heavy (non-hydrogen) atoms. The van der Waals surface area contributed by atoms with E-state index in [9.17, 15) is 8.42 Å². The van der Waals surface area contributed by atoms with Crippen LogP contribution in [0.3, 0.4) is 0 Å². The van der Waals surface area contributed by atoms with Crippen molar-refractivity contribution in [3.63, 3.8) is 0 Å². The van der Waals surface area contributed by atoms with Gasteiger partial charge in [-0.15, -0.1) is 0 Å². The average Bonchev–Trinajstić information content (AvgIpc) is 2.52. The first-order valence-corrected chi connectivity index (χ1v) is 8.58. The van der Waals surface area contributed by atoms with Gasteiger partial charge in [-0.2, -0.15) is 0 Å². The molecule has 0 unspecified atom stereocenters. The highest BCUT2D eigenvalue weighted by Gasteiger charge is 2.09. The molecule has 1 N–H and O–H groups in total. The SMILES string of the molecule is CCCCS(=O)(=O)NCc1ccnc(-c2cccnc2)c1. The molecule has 0 aliphatic heterocycles. The quantitative estimate of drug-likeness (QED) is 0.852. The van der Waals surface area contributed by atoms with E-state index in [2.05, 4.69) is 14.7 Å². The predicted molar refractivity (Wildman–Crippen MR) is 83.0 cm³/mol. The number of sulfonamides is 1. The third-order valence-corrected chi connectivity index (χ3v) is 4.45. The van der Waals surface area contributed by atoms with E-state index < -0.39 is 10.0 Å². The number of hydrogen-bond acceptors (Lipinski definition) is 4. The molecule has 0 fully saturated rings. The summed E-state index contributed by atoms with van der Waals surface area (Å²) >= 11 is 0. The van der Waals surface area contributed by atoms with Gasteiger partial charge in [0.2, 0.25) is 10.0 Å². The lowest BCUT2D eigenvalue weighted by atomic mass is 10.1. The van der Waals surface area contributed by atoms with Crippen LogP contribution in [0.1, 0.15) is 25.3 Å². The highest BCUT2D eigenvalue weighted by molar-refractivity contribution is 7.89. The van der Waals surface area contributed by atoms with Crippen LogP contribution >= 0.6 is 0 Å². The summed E-state index contributed by atoms with van der Waals surface area (Å²) in [5, 5.41) is 0. The molecular weight excluding hydrogens is 286 g/mol. The van der Waals surface area contributed by atoms with Gasteiger partial charge in [0, 0.05) is 30.7 Å². The van der Waals surface area contributed by atoms with Crippen molar-refractivity contribution < 1.29 is 8.42 Å². The lowest BCUT2D eigenvalue weighted by Crippen LogP contribution is -2.25. The second-order valence-corrected chi connectivity index (χ2v) is 6.71. The van der Waals surface area contributed by atoms with Gasteiger partial charge in [-0.05, 0) is 36.2 Å². The summed E-state index contributed by atoms with van der Waals surface area (Å²) in [7, 11) is -3.20. The van der Waals surface area contributed by atoms with Crippen molar-refractivity contribution in [2.45, 2.75) is 26.3 Å². The molecule has 6 heteroatoms. The number of pyridine rings is 2. The monoisotopic (exact) mass is 305 g/mol. The molecule has 0 radical (unpaired) electrons. The summed E-state index contributed by atoms with van der Waals surface area (Å²) in [6, 6.07) is 7.45. The Balaban J connectivity index is 2.05. The summed E-state index contributed by atoms with van der Waals surface area (Å²) in [6.45, 7) is 2.25. The van der Waals surface area contributed by atoms with Crippen molar-refractivity contribution in [2.24, 2.45) is 0 Å². The van der Waals surface area contributed by atoms with Gasteiger partial charge in [0.1, 0.15) is 0 Å². The summed E-state index contributed by atoms with van der Waals surface area (Å²) in [5.41, 5.74) is 2.57. The highest BCUT2D eigenvalue weighted by atomic mass is 32.2. The number of nitrogens with zero attached hydrogens (tertiary/aromatic N) is 2. The van der Waals surface area contributed by atoms with Gasteiger partial charge in [0.05, 0.1) is 11.4 Å². The zero-order chi connectivity index (χ0) is 15.1. The molecule has 0 bridgehead atoms. The minimum atomic E-state index is -3.20. The molecule has 2 aromatic heterocycles. The fourth-order valence-electron chi connectivity index (χ4n) is 1.86. The Morgan fingerprint density at radius 2 is 2.10 bits per heavy atom. The van der Waals surface area contributed by atoms with E-state index in [1.807, 2.05) is 31.2 Å². The molecule has 0 aliphatic rings. The maximum absolute atomic E-state index is 11.8. The summed E-state index contributed by atoms with van der Waals surface area (Å²) in [5.74, 6) is 0.171. The maximum atomic E-state index is 11.8. The van der Waals surface area contributed by atoms with Gasteiger partial charge in [-0.25, -0.2) is 13.1 Å². The fraction of sp³-hybridized carbons (Fsp3) is 0.333. The molecule has 0 amide bonds. The third-order valence-electron chi connectivity index (χ3n) is 3.04. The van der Waals surface area contributed by atoms with Gasteiger partial charge < -0.3 is 0 Å². The van der Waals surface area contributed by atoms with E-state index >= 15 is 0 Å². The molecule has 0 saturated heterocycles. The zero-order valence-electron chi connectivity index (χ0n) is 12.0. The van der Waals surface area contributed by atoms with Crippen molar-refractivity contribution in [2.75, 3.05) is 5.75 Å². The van der Waals surface area contributed by atoms with E-state index in [4.69, 9.17) is 0 Å². The van der Waals surface area contributed by atoms with Crippen molar-refractivity contribution >= 4 is 10.0 Å². The topological polar surface area (TPSA) is 72.0 Å². The van der Waals surface area contributed by atoms with E-state index in [0.29, 0.717) is 6.42 Å². The first-order valence-electron chi connectivity index (χ1n) is 6.93. The Hall–Kier alpha value is -1.79. The van der Waals surface area contributed by atoms with E-state index in [1.165, 1.54) is 0 Å². The van der Waals surface area contributed by atoms with Gasteiger partial charge >= 0.3 is 0 Å². The molecule has 2 heterocycles. The lowest BCUT2D eigenvalue weighted by Gasteiger charge is -2.07. The number of unbranched alkanes of at least 4 members (excludes halogenated alkanes) is 1. The molecule has 2 aromatic rings. The maximum Gasteiger partial charge on any atom is 0.211 e. The van der Waals surface area contributed by atoms with Crippen LogP contribution in [0.4, 0.5) is 0 Å². The average molecular weight is 305 g/mol. The largest absolute Gasteiger partial charge is 0.264 e. The second-order valence-electron chi connectivity index (χ2n) is 4.78. The molecule has 0 saturated carbocycles. The highest BCUT2D eigenvalue weighted by Crippen LogP contribution is 2.16. The normalized spacial score (nSPS) is 11.5. The second kappa shape index (κ2) is 7.28. The Morgan fingerprint density at radius 3 is 2.81 bits per heavy atom. The molecule has 112 valence electrons. The Kier molecular flexibility index (Phi) is 5.41. The minimum Gasteiger partial charge on any atom is -0.264 e. The van der Waals surface area contributed by atoms with Crippen LogP contribution in [0.15, 0.2) is 42.9 Å². The molecule has 0 atom stereocenters. The minimum absolute atomic E-state index is 0.171. The predicted octanol–water partition coefficient (Wildman–Crippen LogP) is 2.36. The van der Waals surface area contributed by atoms with Crippen LogP contribution in [-0.2, 0) is 16.6 Å². The van der Waals surface area contributed by atoms with Crippen LogP contribution in [0.5, 0.6) is 0 Å². The van der Waals surface area contributed by atoms with Crippen molar-refractivity contribution in [3.8, 4) is 11.3 Å². The van der Waals surface area contributed by atoms with Crippen LogP contribution < -0.4 is 4.72 Å². The van der Waals surface area contributed by atoms with Crippen LogP contribution in [0.2, 0.25) is 0 Å². The zero-order valence-corrected chi connectivity index (χ0v) is 12.8. The molecule has 2 rings (SSSR count). The molecule has 0 aliphatic carbocycles. The number of rotatable bonds is 7. The number of hydrogen-bond donors (Lipinski definition) is 1. The summed E-state index contributed by atoms with van der Waals surface area (Å²) in [6.07, 6.45) is 6.65. The lowest BCUT2D eigenvalue weighted by molar-refractivity contribution is 0.578. The van der Waals surface area contributed by atoms with Crippen LogP contribution in [0.25, 0.3) is 11.3 Å². The van der Waals surface area contributed by atoms with E-state index in [-0.39, 0.29) is 12.3 Å². The Bertz CT molecular complexity index is 672. The molecule has 5 nitrogen and oxygen atoms in total. The third kappa shape index (κ3) is 4.91. The standard InChI is InChI=1S/C15H19N3O2S/c1-2-3-9-21(19,20)18-11-13-6-8-17-15(10-13)14-5-4-7-16-12-14/h4-8,10,12,18H,2-3,9,11H2,1H3. The molecular formula is C15H19N3O2S. The Labute approximate surface area is 125 Å². The smallest absolute Gasteiger partial charge is 0.211 e. The van der Waals surface area contributed by atoms with Gasteiger partial charge in [0.15, 0.2) is 0 Å². The van der Waals surface area contributed by atoms with Crippen LogP contribution in [-0.4, -0.2) is 24.1 Å². The molecule has 0 spiro atoms. The first kappa shape index (κ1) is 15.6. The number of aromatic nitrogens is 2. The van der Waals surface area contributed by atoms with Crippen molar-refractivity contribution in [1.29, 1.82) is 0 Å². The summed E-state index contributed by atoms with van der Waals surface area (Å²) < 4.78 is 26.2. The van der Waals surface area contributed by atoms with Gasteiger partial charge in [0.25, 0.3) is 0 Å². The van der Waals surface area contributed by atoms with Crippen molar-refractivity contribution in [1.82, 2.24) is 14.7 Å². The fourth-order valence-corrected chi connectivity index (χ4v) is 3.06. The van der Waals surface area contributed by atoms with E-state index in [0.717, 1.165) is 23.2 Å². The van der Waals surface area contributed by atoms with Crippen LogP contribution in [0, 0.1) is 0 Å². The number of nitrogens with one attached hydrogen (secondary N) is 1. The Morgan fingerprint density at radius 1 is 1.24 bits per heavy atom.